The molecular weight excluding hydrogens is 282 g/mol. The molecule has 2 aromatic rings. The van der Waals surface area contributed by atoms with Crippen molar-refractivity contribution in [2.24, 2.45) is 5.92 Å². The van der Waals surface area contributed by atoms with Gasteiger partial charge < -0.3 is 15.3 Å². The SMILES string of the molecule is O=c1[nH]c2cc(Br)c(NCC3CCC3)cc2[nH]1. The summed E-state index contributed by atoms with van der Waals surface area (Å²) >= 11 is 3.52. The molecule has 1 aromatic heterocycles. The molecule has 0 amide bonds. The standard InChI is InChI=1S/C12H14BrN3O/c13-8-4-10-11(16-12(17)15-10)5-9(8)14-6-7-2-1-3-7/h4-5,7,14H,1-3,6H2,(H2,15,16,17). The highest BCUT2D eigenvalue weighted by Crippen LogP contribution is 2.30. The molecule has 3 N–H and O–H groups in total. The zero-order valence-corrected chi connectivity index (χ0v) is 10.9. The van der Waals surface area contributed by atoms with E-state index in [-0.39, 0.29) is 5.69 Å². The molecule has 0 aliphatic heterocycles. The van der Waals surface area contributed by atoms with E-state index in [1.54, 1.807) is 0 Å². The van der Waals surface area contributed by atoms with Crippen molar-refractivity contribution < 1.29 is 0 Å². The maximum absolute atomic E-state index is 11.2. The number of anilines is 1. The minimum absolute atomic E-state index is 0.164. The Labute approximate surface area is 107 Å². The van der Waals surface area contributed by atoms with E-state index >= 15 is 0 Å². The van der Waals surface area contributed by atoms with E-state index in [9.17, 15) is 4.79 Å². The molecule has 1 aliphatic carbocycles. The van der Waals surface area contributed by atoms with Crippen LogP contribution in [0.5, 0.6) is 0 Å². The Hall–Kier alpha value is -1.23. The van der Waals surface area contributed by atoms with Crippen LogP contribution in [0, 0.1) is 5.92 Å². The molecule has 0 radical (unpaired) electrons. The van der Waals surface area contributed by atoms with Crippen LogP contribution in [0.25, 0.3) is 11.0 Å². The first-order valence-electron chi connectivity index (χ1n) is 5.88. The molecule has 1 fully saturated rings. The zero-order valence-electron chi connectivity index (χ0n) is 9.35. The molecule has 0 spiro atoms. The number of rotatable bonds is 3. The number of imidazole rings is 1. The predicted octanol–water partition coefficient (Wildman–Crippen LogP) is 2.83. The summed E-state index contributed by atoms with van der Waals surface area (Å²) in [6, 6.07) is 3.90. The summed E-state index contributed by atoms with van der Waals surface area (Å²) in [6.07, 6.45) is 4.01. The van der Waals surface area contributed by atoms with E-state index in [1.807, 2.05) is 12.1 Å². The van der Waals surface area contributed by atoms with Crippen molar-refractivity contribution >= 4 is 32.7 Å². The normalized spacial score (nSPS) is 16.1. The summed E-state index contributed by atoms with van der Waals surface area (Å²) in [7, 11) is 0. The summed E-state index contributed by atoms with van der Waals surface area (Å²) in [5, 5.41) is 3.43. The van der Waals surface area contributed by atoms with E-state index < -0.39 is 0 Å². The molecule has 90 valence electrons. The second kappa shape index (κ2) is 4.22. The highest BCUT2D eigenvalue weighted by molar-refractivity contribution is 9.10. The molecule has 4 nitrogen and oxygen atoms in total. The molecule has 1 aromatic carbocycles. The molecule has 1 aliphatic rings. The molecule has 0 atom stereocenters. The van der Waals surface area contributed by atoms with Crippen LogP contribution in [0.15, 0.2) is 21.4 Å². The molecule has 0 bridgehead atoms. The van der Waals surface area contributed by atoms with E-state index in [2.05, 4.69) is 31.2 Å². The number of halogens is 1. The van der Waals surface area contributed by atoms with Crippen molar-refractivity contribution in [1.82, 2.24) is 9.97 Å². The third kappa shape index (κ3) is 2.11. The fourth-order valence-corrected chi connectivity index (χ4v) is 2.63. The van der Waals surface area contributed by atoms with Crippen molar-refractivity contribution in [2.45, 2.75) is 19.3 Å². The van der Waals surface area contributed by atoms with Gasteiger partial charge in [0.25, 0.3) is 0 Å². The molecule has 17 heavy (non-hydrogen) atoms. The van der Waals surface area contributed by atoms with Crippen LogP contribution in [-0.2, 0) is 0 Å². The minimum Gasteiger partial charge on any atom is -0.384 e. The Morgan fingerprint density at radius 2 is 2.00 bits per heavy atom. The first kappa shape index (κ1) is 10.9. The van der Waals surface area contributed by atoms with Gasteiger partial charge in [-0.25, -0.2) is 4.79 Å². The molecule has 1 saturated carbocycles. The lowest BCUT2D eigenvalue weighted by atomic mass is 9.85. The lowest BCUT2D eigenvalue weighted by Gasteiger charge is -2.26. The summed E-state index contributed by atoms with van der Waals surface area (Å²) in [5.41, 5.74) is 2.55. The predicted molar refractivity (Wildman–Crippen MR) is 72.5 cm³/mol. The fraction of sp³-hybridized carbons (Fsp3) is 0.417. The first-order chi connectivity index (χ1) is 8.22. The molecule has 3 rings (SSSR count). The zero-order chi connectivity index (χ0) is 11.8. The Bertz CT molecular complexity index is 597. The average Bonchev–Trinajstić information content (AvgIpc) is 2.55. The lowest BCUT2D eigenvalue weighted by molar-refractivity contribution is 0.333. The van der Waals surface area contributed by atoms with Crippen molar-refractivity contribution in [3.8, 4) is 0 Å². The first-order valence-corrected chi connectivity index (χ1v) is 6.67. The Balaban J connectivity index is 1.86. The van der Waals surface area contributed by atoms with Crippen molar-refractivity contribution in [3.63, 3.8) is 0 Å². The Morgan fingerprint density at radius 1 is 1.29 bits per heavy atom. The van der Waals surface area contributed by atoms with Gasteiger partial charge in [0.05, 0.1) is 16.7 Å². The van der Waals surface area contributed by atoms with Gasteiger partial charge in [-0.1, -0.05) is 6.42 Å². The van der Waals surface area contributed by atoms with Gasteiger partial charge in [-0.05, 0) is 46.8 Å². The maximum Gasteiger partial charge on any atom is 0.323 e. The van der Waals surface area contributed by atoms with Gasteiger partial charge in [-0.15, -0.1) is 0 Å². The largest absolute Gasteiger partial charge is 0.384 e. The van der Waals surface area contributed by atoms with Gasteiger partial charge in [0.2, 0.25) is 0 Å². The molecule has 0 saturated heterocycles. The molecular formula is C12H14BrN3O. The molecule has 1 heterocycles. The highest BCUT2D eigenvalue weighted by atomic mass is 79.9. The molecule has 5 heteroatoms. The van der Waals surface area contributed by atoms with Crippen LogP contribution in [0.1, 0.15) is 19.3 Å². The van der Waals surface area contributed by atoms with Crippen molar-refractivity contribution in [2.75, 3.05) is 11.9 Å². The molecule has 0 unspecified atom stereocenters. The van der Waals surface area contributed by atoms with Crippen molar-refractivity contribution in [3.05, 3.63) is 27.1 Å². The van der Waals surface area contributed by atoms with Gasteiger partial charge in [0, 0.05) is 11.0 Å². The third-order valence-corrected chi connectivity index (χ3v) is 4.07. The minimum atomic E-state index is -0.164. The smallest absolute Gasteiger partial charge is 0.323 e. The number of fused-ring (bicyclic) bond motifs is 1. The second-order valence-corrected chi connectivity index (χ2v) is 5.49. The van der Waals surface area contributed by atoms with E-state index in [0.29, 0.717) is 0 Å². The Morgan fingerprint density at radius 3 is 2.65 bits per heavy atom. The number of nitrogens with one attached hydrogen (secondary N) is 3. The van der Waals surface area contributed by atoms with Crippen LogP contribution in [0.2, 0.25) is 0 Å². The number of benzene rings is 1. The fourth-order valence-electron chi connectivity index (χ4n) is 2.14. The van der Waals surface area contributed by atoms with Crippen molar-refractivity contribution in [1.29, 1.82) is 0 Å². The summed E-state index contributed by atoms with van der Waals surface area (Å²) in [5.74, 6) is 0.808. The maximum atomic E-state index is 11.2. The number of hydrogen-bond acceptors (Lipinski definition) is 2. The van der Waals surface area contributed by atoms with E-state index in [0.717, 1.165) is 33.7 Å². The van der Waals surface area contributed by atoms with E-state index in [4.69, 9.17) is 0 Å². The van der Waals surface area contributed by atoms with Gasteiger partial charge in [-0.3, -0.25) is 0 Å². The summed E-state index contributed by atoms with van der Waals surface area (Å²) in [4.78, 5) is 16.7. The van der Waals surface area contributed by atoms with Crippen LogP contribution in [0.3, 0.4) is 0 Å². The number of aromatic amines is 2. The van der Waals surface area contributed by atoms with Crippen LogP contribution in [0.4, 0.5) is 5.69 Å². The Kier molecular flexibility index (Phi) is 2.70. The van der Waals surface area contributed by atoms with Gasteiger partial charge >= 0.3 is 5.69 Å². The van der Waals surface area contributed by atoms with Crippen LogP contribution in [-0.4, -0.2) is 16.5 Å². The highest BCUT2D eigenvalue weighted by Gasteiger charge is 2.17. The second-order valence-electron chi connectivity index (χ2n) is 4.63. The number of H-pyrrole nitrogens is 2. The van der Waals surface area contributed by atoms with Crippen LogP contribution < -0.4 is 11.0 Å². The third-order valence-electron chi connectivity index (χ3n) is 3.41. The van der Waals surface area contributed by atoms with Gasteiger partial charge in [0.1, 0.15) is 0 Å². The monoisotopic (exact) mass is 295 g/mol. The number of aromatic nitrogens is 2. The average molecular weight is 296 g/mol. The number of hydrogen-bond donors (Lipinski definition) is 3. The summed E-state index contributed by atoms with van der Waals surface area (Å²) < 4.78 is 0.986. The lowest BCUT2D eigenvalue weighted by Crippen LogP contribution is -2.20. The van der Waals surface area contributed by atoms with Crippen LogP contribution >= 0.6 is 15.9 Å². The topological polar surface area (TPSA) is 60.7 Å². The van der Waals surface area contributed by atoms with E-state index in [1.165, 1.54) is 19.3 Å². The van der Waals surface area contributed by atoms with Gasteiger partial charge in [-0.2, -0.15) is 0 Å². The van der Waals surface area contributed by atoms with Gasteiger partial charge in [0.15, 0.2) is 0 Å². The summed E-state index contributed by atoms with van der Waals surface area (Å²) in [6.45, 7) is 1.01. The quantitative estimate of drug-likeness (QED) is 0.815.